The van der Waals surface area contributed by atoms with E-state index in [0.29, 0.717) is 0 Å². The standard InChI is InChI=1S/C7H8.2CH3NOS.CH4/c1-7-5-3-2-4-6-7;2*2-1(3)4;/h2-6H,1H3;2*(H3,2,3,4);1H4. The molecule has 0 heterocycles. The second kappa shape index (κ2) is 13.6. The number of hydrogen-bond acceptors (Lipinski definition) is 2. The number of hydrogen-bond donors (Lipinski definition) is 4. The van der Waals surface area contributed by atoms with E-state index in [1.54, 1.807) is 0 Å². The number of aryl methyl sites for hydroxylation is 1. The van der Waals surface area contributed by atoms with Gasteiger partial charge in [-0.15, -0.1) is 0 Å². The maximum Gasteiger partial charge on any atom is 0.251 e. The Bertz CT molecular complexity index is 272. The Morgan fingerprint density at radius 2 is 1.25 bits per heavy atom. The first-order valence-electron chi connectivity index (χ1n) is 3.84. The number of aliphatic hydroxyl groups excluding tert-OH is 2. The minimum atomic E-state index is -0.500. The average molecular weight is 262 g/mol. The summed E-state index contributed by atoms with van der Waals surface area (Å²) in [5.74, 6) is 0. The zero-order valence-electron chi connectivity index (χ0n) is 8.25. The zero-order valence-corrected chi connectivity index (χ0v) is 9.89. The molecule has 0 radical (unpaired) electrons. The normalized spacial score (nSPS) is 6.81. The molecule has 1 rings (SSSR count). The van der Waals surface area contributed by atoms with Gasteiger partial charge in [0.1, 0.15) is 0 Å². The van der Waals surface area contributed by atoms with Crippen LogP contribution < -0.4 is 11.5 Å². The summed E-state index contributed by atoms with van der Waals surface area (Å²) in [6.07, 6.45) is 0. The molecule has 1 aromatic rings. The third-order valence-electron chi connectivity index (χ3n) is 0.940. The predicted molar refractivity (Wildman–Crippen MR) is 76.7 cm³/mol. The van der Waals surface area contributed by atoms with Gasteiger partial charge in [0.25, 0.3) is 10.3 Å². The molecule has 6 N–H and O–H groups in total. The monoisotopic (exact) mass is 262 g/mol. The molecular weight excluding hydrogens is 244 g/mol. The fourth-order valence-corrected chi connectivity index (χ4v) is 0.534. The lowest BCUT2D eigenvalue weighted by Crippen LogP contribution is -2.03. The molecule has 1 aromatic carbocycles. The van der Waals surface area contributed by atoms with Crippen molar-refractivity contribution in [3.63, 3.8) is 0 Å². The second-order valence-electron chi connectivity index (χ2n) is 2.33. The van der Waals surface area contributed by atoms with Crippen LogP contribution in [-0.4, -0.2) is 20.6 Å². The molecular formula is C10H18N2O2S2. The Balaban J connectivity index is -0.000000166. The van der Waals surface area contributed by atoms with Crippen LogP contribution >= 0.6 is 24.4 Å². The molecule has 0 fully saturated rings. The first kappa shape index (κ1) is 20.1. The Labute approximate surface area is 107 Å². The molecule has 0 unspecified atom stereocenters. The van der Waals surface area contributed by atoms with E-state index in [-0.39, 0.29) is 7.43 Å². The lowest BCUT2D eigenvalue weighted by atomic mass is 10.2. The highest BCUT2D eigenvalue weighted by Crippen LogP contribution is 1.92. The third-order valence-corrected chi connectivity index (χ3v) is 0.940. The molecule has 16 heavy (non-hydrogen) atoms. The van der Waals surface area contributed by atoms with E-state index in [0.717, 1.165) is 0 Å². The summed E-state index contributed by atoms with van der Waals surface area (Å²) in [6.45, 7) is 2.08. The van der Waals surface area contributed by atoms with E-state index in [9.17, 15) is 0 Å². The molecule has 0 saturated carbocycles. The van der Waals surface area contributed by atoms with Crippen LogP contribution in [0, 0.1) is 6.92 Å². The summed E-state index contributed by atoms with van der Waals surface area (Å²) in [5.41, 5.74) is 10.1. The van der Waals surface area contributed by atoms with Crippen molar-refractivity contribution in [2.45, 2.75) is 14.4 Å². The summed E-state index contributed by atoms with van der Waals surface area (Å²) in [4.78, 5) is 0. The van der Waals surface area contributed by atoms with E-state index in [2.05, 4.69) is 55.0 Å². The molecule has 0 bridgehead atoms. The minimum absolute atomic E-state index is 0. The molecule has 4 nitrogen and oxygen atoms in total. The zero-order chi connectivity index (χ0) is 12.3. The second-order valence-corrected chi connectivity index (χ2v) is 3.17. The van der Waals surface area contributed by atoms with Crippen LogP contribution in [0.3, 0.4) is 0 Å². The Hall–Kier alpha value is -1.40. The van der Waals surface area contributed by atoms with Crippen LogP contribution in [-0.2, 0) is 0 Å². The summed E-state index contributed by atoms with van der Waals surface area (Å²) >= 11 is 7.74. The Morgan fingerprint density at radius 3 is 1.38 bits per heavy atom. The van der Waals surface area contributed by atoms with Gasteiger partial charge in [0.2, 0.25) is 0 Å². The van der Waals surface area contributed by atoms with E-state index >= 15 is 0 Å². The summed E-state index contributed by atoms with van der Waals surface area (Å²) in [7, 11) is 0. The van der Waals surface area contributed by atoms with Gasteiger partial charge in [-0.2, -0.15) is 0 Å². The molecule has 0 saturated heterocycles. The van der Waals surface area contributed by atoms with Gasteiger partial charge in [-0.25, -0.2) is 0 Å². The minimum Gasteiger partial charge on any atom is -0.487 e. The SMILES string of the molecule is C.Cc1ccccc1.NC(O)=S.NC(O)=S. The van der Waals surface area contributed by atoms with Crippen LogP contribution in [0.5, 0.6) is 0 Å². The van der Waals surface area contributed by atoms with Crippen molar-refractivity contribution in [2.24, 2.45) is 11.5 Å². The van der Waals surface area contributed by atoms with Gasteiger partial charge in [-0.3, -0.25) is 0 Å². The maximum atomic E-state index is 7.56. The van der Waals surface area contributed by atoms with Crippen molar-refractivity contribution in [2.75, 3.05) is 0 Å². The summed E-state index contributed by atoms with van der Waals surface area (Å²) in [5, 5.41) is 14.1. The van der Waals surface area contributed by atoms with Crippen LogP contribution in [0.4, 0.5) is 0 Å². The van der Waals surface area contributed by atoms with Crippen molar-refractivity contribution in [3.05, 3.63) is 35.9 Å². The topological polar surface area (TPSA) is 92.5 Å². The first-order chi connectivity index (χ1) is 6.86. The van der Waals surface area contributed by atoms with Crippen molar-refractivity contribution < 1.29 is 10.2 Å². The molecule has 0 aliphatic carbocycles. The molecule has 0 aromatic heterocycles. The highest BCUT2D eigenvalue weighted by atomic mass is 32.1. The Kier molecular flexibility index (Phi) is 17.1. The van der Waals surface area contributed by atoms with E-state index in [1.165, 1.54) is 5.56 Å². The number of rotatable bonds is 0. The van der Waals surface area contributed by atoms with Gasteiger partial charge in [0, 0.05) is 0 Å². The molecule has 0 spiro atoms. The third kappa shape index (κ3) is 38.9. The van der Waals surface area contributed by atoms with Crippen LogP contribution in [0.15, 0.2) is 30.3 Å². The van der Waals surface area contributed by atoms with Gasteiger partial charge in [0.05, 0.1) is 0 Å². The van der Waals surface area contributed by atoms with Crippen LogP contribution in [0.1, 0.15) is 13.0 Å². The number of aliphatic hydroxyl groups is 2. The van der Waals surface area contributed by atoms with Crippen molar-refractivity contribution >= 4 is 34.8 Å². The van der Waals surface area contributed by atoms with Gasteiger partial charge in [-0.1, -0.05) is 43.3 Å². The lowest BCUT2D eigenvalue weighted by Gasteiger charge is -1.82. The van der Waals surface area contributed by atoms with Crippen molar-refractivity contribution in [1.29, 1.82) is 0 Å². The van der Waals surface area contributed by atoms with Crippen LogP contribution in [0.2, 0.25) is 0 Å². The molecule has 0 amide bonds. The highest BCUT2D eigenvalue weighted by molar-refractivity contribution is 7.80. The van der Waals surface area contributed by atoms with E-state index in [4.69, 9.17) is 10.2 Å². The number of thiocarbonyl (C=S) groups is 2. The molecule has 0 aliphatic rings. The maximum absolute atomic E-state index is 7.56. The van der Waals surface area contributed by atoms with E-state index < -0.39 is 10.3 Å². The van der Waals surface area contributed by atoms with Gasteiger partial charge in [-0.05, 0) is 31.4 Å². The molecule has 92 valence electrons. The lowest BCUT2D eigenvalue weighted by molar-refractivity contribution is 0.559. The fourth-order valence-electron chi connectivity index (χ4n) is 0.534. The largest absolute Gasteiger partial charge is 0.487 e. The van der Waals surface area contributed by atoms with Gasteiger partial charge < -0.3 is 21.7 Å². The molecule has 6 heteroatoms. The van der Waals surface area contributed by atoms with Gasteiger partial charge >= 0.3 is 0 Å². The highest BCUT2D eigenvalue weighted by Gasteiger charge is 1.72. The Morgan fingerprint density at radius 1 is 1.00 bits per heavy atom. The van der Waals surface area contributed by atoms with Crippen molar-refractivity contribution in [3.8, 4) is 0 Å². The fraction of sp³-hybridized carbons (Fsp3) is 0.200. The predicted octanol–water partition coefficient (Wildman–Crippen LogP) is 2.21. The molecule has 0 aliphatic heterocycles. The molecule has 0 atom stereocenters. The van der Waals surface area contributed by atoms with Gasteiger partial charge in [0.15, 0.2) is 0 Å². The average Bonchev–Trinajstić information content (AvgIpc) is 2.03. The first-order valence-corrected chi connectivity index (χ1v) is 4.66. The summed E-state index contributed by atoms with van der Waals surface area (Å²) < 4.78 is 0. The smallest absolute Gasteiger partial charge is 0.251 e. The number of benzene rings is 1. The summed E-state index contributed by atoms with van der Waals surface area (Å²) in [6, 6.07) is 10.3. The van der Waals surface area contributed by atoms with Crippen LogP contribution in [0.25, 0.3) is 0 Å². The van der Waals surface area contributed by atoms with E-state index in [1.807, 2.05) is 18.2 Å². The quantitative estimate of drug-likeness (QED) is 0.536. The van der Waals surface area contributed by atoms with Crippen molar-refractivity contribution in [1.82, 2.24) is 0 Å². The number of nitrogens with two attached hydrogens (primary N) is 2.